The maximum atomic E-state index is 4.59. The lowest BCUT2D eigenvalue weighted by Gasteiger charge is -2.19. The van der Waals surface area contributed by atoms with Gasteiger partial charge in [0.2, 0.25) is 5.95 Å². The zero-order chi connectivity index (χ0) is 16.1. The number of aromatic nitrogens is 3. The van der Waals surface area contributed by atoms with Gasteiger partial charge in [0.1, 0.15) is 0 Å². The quantitative estimate of drug-likeness (QED) is 0.877. The molecule has 0 radical (unpaired) electrons. The van der Waals surface area contributed by atoms with E-state index in [4.69, 9.17) is 0 Å². The van der Waals surface area contributed by atoms with Gasteiger partial charge in [-0.25, -0.2) is 0 Å². The van der Waals surface area contributed by atoms with Gasteiger partial charge in [0, 0.05) is 18.8 Å². The molecule has 2 aromatic rings. The van der Waals surface area contributed by atoms with Crippen LogP contribution in [0, 0.1) is 6.92 Å². The van der Waals surface area contributed by atoms with E-state index in [9.17, 15) is 0 Å². The third-order valence-electron chi connectivity index (χ3n) is 3.77. The zero-order valence-corrected chi connectivity index (χ0v) is 14.1. The van der Waals surface area contributed by atoms with E-state index >= 15 is 0 Å². The highest BCUT2D eigenvalue weighted by Crippen LogP contribution is 2.29. The molecule has 0 amide bonds. The Morgan fingerprint density at radius 2 is 1.91 bits per heavy atom. The first kappa shape index (κ1) is 16.2. The van der Waals surface area contributed by atoms with E-state index in [-0.39, 0.29) is 0 Å². The van der Waals surface area contributed by atoms with Gasteiger partial charge in [-0.2, -0.15) is 10.1 Å². The fourth-order valence-electron chi connectivity index (χ4n) is 2.47. The predicted molar refractivity (Wildman–Crippen MR) is 91.9 cm³/mol. The van der Waals surface area contributed by atoms with Gasteiger partial charge in [-0.3, -0.25) is 0 Å². The van der Waals surface area contributed by atoms with Crippen molar-refractivity contribution in [1.82, 2.24) is 15.2 Å². The van der Waals surface area contributed by atoms with Crippen LogP contribution in [0.3, 0.4) is 0 Å². The first-order valence-corrected chi connectivity index (χ1v) is 7.88. The molecule has 1 N–H and O–H groups in total. The largest absolute Gasteiger partial charge is 0.340 e. The van der Waals surface area contributed by atoms with E-state index in [1.165, 1.54) is 11.1 Å². The molecular weight excluding hydrogens is 274 g/mol. The average Bonchev–Trinajstić information content (AvgIpc) is 2.51. The minimum Gasteiger partial charge on any atom is -0.340 e. The molecule has 0 saturated heterocycles. The lowest BCUT2D eigenvalue weighted by atomic mass is 9.98. The van der Waals surface area contributed by atoms with Crippen LogP contribution in [0.1, 0.15) is 44.7 Å². The summed E-state index contributed by atoms with van der Waals surface area (Å²) in [7, 11) is 0. The van der Waals surface area contributed by atoms with Crippen LogP contribution in [0.2, 0.25) is 0 Å². The van der Waals surface area contributed by atoms with Gasteiger partial charge in [-0.1, -0.05) is 32.0 Å². The SMILES string of the molecule is CCN(CC)c1nncc(Nc2c(C)cccc2C(C)C)n1. The summed E-state index contributed by atoms with van der Waals surface area (Å²) < 4.78 is 0. The summed E-state index contributed by atoms with van der Waals surface area (Å²) in [5.41, 5.74) is 3.60. The van der Waals surface area contributed by atoms with E-state index in [1.807, 2.05) is 0 Å². The number of benzene rings is 1. The molecule has 0 fully saturated rings. The summed E-state index contributed by atoms with van der Waals surface area (Å²) in [6.07, 6.45) is 1.67. The van der Waals surface area contributed by atoms with E-state index in [0.29, 0.717) is 11.9 Å². The van der Waals surface area contributed by atoms with E-state index < -0.39 is 0 Å². The Labute approximate surface area is 132 Å². The smallest absolute Gasteiger partial charge is 0.247 e. The first-order chi connectivity index (χ1) is 10.6. The molecule has 1 aromatic carbocycles. The second-order valence-corrected chi connectivity index (χ2v) is 5.63. The Kier molecular flexibility index (Phi) is 5.31. The molecule has 5 heteroatoms. The van der Waals surface area contributed by atoms with Gasteiger partial charge in [0.25, 0.3) is 0 Å². The lowest BCUT2D eigenvalue weighted by Crippen LogP contribution is -2.24. The van der Waals surface area contributed by atoms with Crippen molar-refractivity contribution < 1.29 is 0 Å². The second kappa shape index (κ2) is 7.20. The van der Waals surface area contributed by atoms with Crippen molar-refractivity contribution in [2.75, 3.05) is 23.3 Å². The molecule has 0 saturated carbocycles. The first-order valence-electron chi connectivity index (χ1n) is 7.88. The topological polar surface area (TPSA) is 53.9 Å². The summed E-state index contributed by atoms with van der Waals surface area (Å²) in [5.74, 6) is 1.84. The van der Waals surface area contributed by atoms with Crippen LogP contribution in [-0.4, -0.2) is 28.3 Å². The molecule has 1 heterocycles. The maximum absolute atomic E-state index is 4.59. The van der Waals surface area contributed by atoms with E-state index in [1.54, 1.807) is 6.20 Å². The molecule has 0 aliphatic heterocycles. The molecule has 0 aliphatic rings. The van der Waals surface area contributed by atoms with Crippen molar-refractivity contribution >= 4 is 17.5 Å². The van der Waals surface area contributed by atoms with Crippen LogP contribution in [-0.2, 0) is 0 Å². The average molecular weight is 299 g/mol. The summed E-state index contributed by atoms with van der Waals surface area (Å²) in [6.45, 7) is 12.4. The molecule has 0 atom stereocenters. The Morgan fingerprint density at radius 3 is 2.55 bits per heavy atom. The summed E-state index contributed by atoms with van der Waals surface area (Å²) in [6, 6.07) is 6.35. The summed E-state index contributed by atoms with van der Waals surface area (Å²) >= 11 is 0. The Bertz CT molecular complexity index is 620. The fraction of sp³-hybridized carbons (Fsp3) is 0.471. The monoisotopic (exact) mass is 299 g/mol. The number of hydrogen-bond acceptors (Lipinski definition) is 5. The molecule has 2 rings (SSSR count). The van der Waals surface area contributed by atoms with Crippen LogP contribution in [0.15, 0.2) is 24.4 Å². The molecule has 0 aliphatic carbocycles. The van der Waals surface area contributed by atoms with Crippen molar-refractivity contribution in [3.63, 3.8) is 0 Å². The molecule has 0 spiro atoms. The highest BCUT2D eigenvalue weighted by Gasteiger charge is 2.12. The number of hydrogen-bond donors (Lipinski definition) is 1. The van der Waals surface area contributed by atoms with Gasteiger partial charge in [-0.05, 0) is 37.8 Å². The Morgan fingerprint density at radius 1 is 1.18 bits per heavy atom. The minimum atomic E-state index is 0.444. The van der Waals surface area contributed by atoms with Gasteiger partial charge in [0.05, 0.1) is 6.20 Å². The van der Waals surface area contributed by atoms with Gasteiger partial charge in [0.15, 0.2) is 5.82 Å². The molecule has 1 aromatic heterocycles. The molecule has 118 valence electrons. The van der Waals surface area contributed by atoms with Gasteiger partial charge >= 0.3 is 0 Å². The highest BCUT2D eigenvalue weighted by atomic mass is 15.3. The van der Waals surface area contributed by atoms with Crippen molar-refractivity contribution in [3.8, 4) is 0 Å². The third kappa shape index (κ3) is 3.53. The maximum Gasteiger partial charge on any atom is 0.247 e. The third-order valence-corrected chi connectivity index (χ3v) is 3.77. The van der Waals surface area contributed by atoms with Crippen LogP contribution in [0.25, 0.3) is 0 Å². The number of nitrogens with zero attached hydrogens (tertiary/aromatic N) is 4. The van der Waals surface area contributed by atoms with Crippen molar-refractivity contribution in [2.45, 2.75) is 40.5 Å². The predicted octanol–water partition coefficient (Wildman–Crippen LogP) is 3.89. The van der Waals surface area contributed by atoms with Gasteiger partial charge < -0.3 is 10.2 Å². The Balaban J connectivity index is 2.34. The van der Waals surface area contributed by atoms with Crippen LogP contribution in [0.4, 0.5) is 17.5 Å². The second-order valence-electron chi connectivity index (χ2n) is 5.63. The van der Waals surface area contributed by atoms with Crippen LogP contribution in [0.5, 0.6) is 0 Å². The summed E-state index contributed by atoms with van der Waals surface area (Å²) in [4.78, 5) is 6.68. The standard InChI is InChI=1S/C17H25N5/c1-6-22(7-2)17-20-15(11-18-21-17)19-16-13(5)9-8-10-14(16)12(3)4/h8-12H,6-7H2,1-5H3,(H,19,20,21). The summed E-state index contributed by atoms with van der Waals surface area (Å²) in [5, 5.41) is 11.6. The minimum absolute atomic E-state index is 0.444. The number of anilines is 3. The molecule has 0 unspecified atom stereocenters. The number of aryl methyl sites for hydroxylation is 1. The van der Waals surface area contributed by atoms with E-state index in [2.05, 4.69) is 78.2 Å². The fourth-order valence-corrected chi connectivity index (χ4v) is 2.47. The lowest BCUT2D eigenvalue weighted by molar-refractivity contribution is 0.796. The van der Waals surface area contributed by atoms with Crippen LogP contribution < -0.4 is 10.2 Å². The van der Waals surface area contributed by atoms with Crippen molar-refractivity contribution in [1.29, 1.82) is 0 Å². The molecule has 5 nitrogen and oxygen atoms in total. The van der Waals surface area contributed by atoms with E-state index in [0.717, 1.165) is 24.6 Å². The van der Waals surface area contributed by atoms with Gasteiger partial charge in [-0.15, -0.1) is 5.10 Å². The molecule has 22 heavy (non-hydrogen) atoms. The van der Waals surface area contributed by atoms with Crippen LogP contribution >= 0.6 is 0 Å². The normalized spacial score (nSPS) is 10.8. The molecular formula is C17H25N5. The number of para-hydroxylation sites is 1. The van der Waals surface area contributed by atoms with Crippen molar-refractivity contribution in [2.24, 2.45) is 0 Å². The van der Waals surface area contributed by atoms with Crippen molar-refractivity contribution in [3.05, 3.63) is 35.5 Å². The zero-order valence-electron chi connectivity index (χ0n) is 14.1. The highest BCUT2D eigenvalue weighted by molar-refractivity contribution is 5.65. The molecule has 0 bridgehead atoms. The number of nitrogens with one attached hydrogen (secondary N) is 1. The Hall–Kier alpha value is -2.17. The number of rotatable bonds is 6.